The van der Waals surface area contributed by atoms with Crippen LogP contribution in [-0.4, -0.2) is 35.2 Å². The third-order valence-corrected chi connectivity index (χ3v) is 13.8. The maximum Gasteiger partial charge on any atom is 0.514 e. The van der Waals surface area contributed by atoms with Gasteiger partial charge in [0.25, 0.3) is 0 Å². The first-order valence-corrected chi connectivity index (χ1v) is 20.6. The van der Waals surface area contributed by atoms with E-state index in [0.29, 0.717) is 22.6 Å². The highest BCUT2D eigenvalue weighted by atomic mass is 79.9. The van der Waals surface area contributed by atoms with Gasteiger partial charge in [0, 0.05) is 5.33 Å². The molecule has 5 nitrogen and oxygen atoms in total. The molecule has 3 rings (SSSR count). The molecule has 0 saturated carbocycles. The number of halogens is 4. The van der Waals surface area contributed by atoms with Gasteiger partial charge in [-0.2, -0.15) is 8.78 Å². The Morgan fingerprint density at radius 2 is 1.00 bits per heavy atom. The Balaban J connectivity index is 1.55. The molecular formula is C36H47BrF3O5S2+. The molecule has 0 heterocycles. The van der Waals surface area contributed by atoms with Crippen molar-refractivity contribution >= 4 is 42.3 Å². The van der Waals surface area contributed by atoms with E-state index in [9.17, 15) is 17.6 Å². The maximum atomic E-state index is 15.4. The Morgan fingerprint density at radius 1 is 0.617 bits per heavy atom. The van der Waals surface area contributed by atoms with Crippen LogP contribution < -0.4 is 0 Å². The number of carbonyl (C=O) groups is 1. The largest absolute Gasteiger partial charge is 0.514 e. The number of ether oxygens (including phenoxy) is 1. The molecule has 0 radical (unpaired) electrons. The summed E-state index contributed by atoms with van der Waals surface area (Å²) in [6, 6.07) is 21.1. The molecular weight excluding hydrogens is 713 g/mol. The molecule has 0 unspecified atom stereocenters. The number of esters is 1. The Kier molecular flexibility index (Phi) is 16.8. The molecule has 0 saturated heterocycles. The Hall–Kier alpha value is -2.34. The first kappa shape index (κ1) is 39.1. The molecule has 260 valence electrons. The zero-order valence-electron chi connectivity index (χ0n) is 26.8. The van der Waals surface area contributed by atoms with Gasteiger partial charge < -0.3 is 4.74 Å². The van der Waals surface area contributed by atoms with Crippen LogP contribution in [0.2, 0.25) is 0 Å². The molecule has 47 heavy (non-hydrogen) atoms. The highest BCUT2D eigenvalue weighted by molar-refractivity contribution is 9.09. The SMILES string of the molecule is O=C(OCCCCCCCCCCCCCCCCBr)C(F)(F)S(=O)(=O)[OH+]S(c1ccccc1)(c1ccccc1)c1ccc(F)cc1. The number of rotatable bonds is 23. The molecule has 1 N–H and O–H groups in total. The van der Waals surface area contributed by atoms with E-state index in [1.807, 2.05) is 0 Å². The standard InChI is InChI=1S/C36H46BrF3O5S2/c37-29-19-11-9-7-5-3-1-2-4-6-8-10-12-20-30-44-35(41)36(39,40)47(42,43)45-46(32-21-15-13-16-22-32,33-23-17-14-18-24-33)34-27-25-31(38)26-28-34/h13-18,21-28H,1-12,19-20,29-30H2/p+1. The Bertz CT molecular complexity index is 1390. The van der Waals surface area contributed by atoms with Gasteiger partial charge in [-0.1, -0.05) is 129 Å². The molecule has 0 spiro atoms. The van der Waals surface area contributed by atoms with Crippen LogP contribution in [0.5, 0.6) is 0 Å². The van der Waals surface area contributed by atoms with Gasteiger partial charge >= 0.3 is 21.3 Å². The highest BCUT2D eigenvalue weighted by Gasteiger charge is 2.63. The zero-order chi connectivity index (χ0) is 34.0. The van der Waals surface area contributed by atoms with Crippen molar-refractivity contribution in [1.29, 1.82) is 0 Å². The number of carbonyl (C=O) groups excluding carboxylic acids is 1. The second kappa shape index (κ2) is 20.2. The van der Waals surface area contributed by atoms with Crippen LogP contribution in [0.15, 0.2) is 99.6 Å². The fourth-order valence-corrected chi connectivity index (χ4v) is 11.0. The molecule has 0 aliphatic heterocycles. The molecule has 0 aliphatic carbocycles. The van der Waals surface area contributed by atoms with Crippen molar-refractivity contribution in [3.8, 4) is 0 Å². The monoisotopic (exact) mass is 759 g/mol. The second-order valence-electron chi connectivity index (χ2n) is 11.5. The van der Waals surface area contributed by atoms with Gasteiger partial charge in [-0.05, 0) is 61.4 Å². The average Bonchev–Trinajstić information content (AvgIpc) is 3.08. The Morgan fingerprint density at radius 3 is 1.43 bits per heavy atom. The second-order valence-corrected chi connectivity index (χ2v) is 16.9. The van der Waals surface area contributed by atoms with Crippen LogP contribution in [-0.2, 0) is 19.6 Å². The molecule has 3 aromatic carbocycles. The Labute approximate surface area is 288 Å². The van der Waals surface area contributed by atoms with Crippen molar-refractivity contribution < 1.29 is 34.7 Å². The van der Waals surface area contributed by atoms with E-state index in [0.717, 1.165) is 36.7 Å². The molecule has 11 heteroatoms. The van der Waals surface area contributed by atoms with Gasteiger partial charge in [0.05, 0.1) is 31.6 Å². The van der Waals surface area contributed by atoms with E-state index in [1.165, 1.54) is 69.9 Å². The number of alkyl halides is 3. The summed E-state index contributed by atoms with van der Waals surface area (Å²) in [5.41, 5.74) is 0. The van der Waals surface area contributed by atoms with E-state index in [1.54, 1.807) is 60.7 Å². The molecule has 0 aromatic heterocycles. The summed E-state index contributed by atoms with van der Waals surface area (Å²) in [5.74, 6) is -2.74. The van der Waals surface area contributed by atoms with Crippen LogP contribution in [0.25, 0.3) is 0 Å². The molecule has 0 bridgehead atoms. The lowest BCUT2D eigenvalue weighted by Gasteiger charge is -2.35. The summed E-state index contributed by atoms with van der Waals surface area (Å²) >= 11 is 3.46. The minimum atomic E-state index is -5.78. The van der Waals surface area contributed by atoms with E-state index < -0.39 is 37.5 Å². The summed E-state index contributed by atoms with van der Waals surface area (Å²) in [7, 11) is -9.08. The van der Waals surface area contributed by atoms with Gasteiger partial charge in [0.1, 0.15) is 5.82 Å². The highest BCUT2D eigenvalue weighted by Crippen LogP contribution is 2.68. The van der Waals surface area contributed by atoms with Crippen molar-refractivity contribution in [2.75, 3.05) is 11.9 Å². The third kappa shape index (κ3) is 11.6. The molecule has 0 aliphatic rings. The third-order valence-electron chi connectivity index (χ3n) is 7.86. The summed E-state index contributed by atoms with van der Waals surface area (Å²) in [4.78, 5) is 13.4. The molecule has 0 amide bonds. The van der Waals surface area contributed by atoms with E-state index >= 15 is 8.78 Å². The number of hydrogen-bond donors (Lipinski definition) is 0. The van der Waals surface area contributed by atoms with E-state index in [-0.39, 0.29) is 11.5 Å². The first-order valence-electron chi connectivity index (χ1n) is 16.4. The number of hydrogen-bond acceptors (Lipinski definition) is 4. The predicted molar refractivity (Wildman–Crippen MR) is 188 cm³/mol. The maximum absolute atomic E-state index is 15.4. The van der Waals surface area contributed by atoms with E-state index in [2.05, 4.69) is 19.6 Å². The van der Waals surface area contributed by atoms with Gasteiger partial charge in [-0.15, -0.1) is 8.42 Å². The van der Waals surface area contributed by atoms with E-state index in [4.69, 9.17) is 4.74 Å². The van der Waals surface area contributed by atoms with Crippen molar-refractivity contribution in [2.45, 2.75) is 110 Å². The summed E-state index contributed by atoms with van der Waals surface area (Å²) in [6.07, 6.45) is 15.4. The van der Waals surface area contributed by atoms with Crippen LogP contribution in [0.4, 0.5) is 13.2 Å². The number of unbranched alkanes of at least 4 members (excludes halogenated alkanes) is 13. The minimum absolute atomic E-state index is 0.209. The fourth-order valence-electron chi connectivity index (χ4n) is 5.27. The minimum Gasteiger partial charge on any atom is -0.460 e. The fraction of sp³-hybridized carbons (Fsp3) is 0.472. The van der Waals surface area contributed by atoms with Crippen LogP contribution >= 0.6 is 26.2 Å². The van der Waals surface area contributed by atoms with Crippen LogP contribution in [0.1, 0.15) is 89.9 Å². The van der Waals surface area contributed by atoms with Crippen molar-refractivity contribution in [2.24, 2.45) is 0 Å². The molecule has 0 fully saturated rings. The van der Waals surface area contributed by atoms with Gasteiger partial charge in [-0.25, -0.2) is 9.18 Å². The summed E-state index contributed by atoms with van der Waals surface area (Å²) in [5, 5.41) is -3.84. The predicted octanol–water partition coefficient (Wildman–Crippen LogP) is 11.4. The van der Waals surface area contributed by atoms with Crippen molar-refractivity contribution in [3.63, 3.8) is 0 Å². The normalized spacial score (nSPS) is 12.6. The first-order chi connectivity index (χ1) is 22.6. The van der Waals surface area contributed by atoms with Gasteiger partial charge in [0.2, 0.25) is 0 Å². The average molecular weight is 761 g/mol. The summed E-state index contributed by atoms with van der Waals surface area (Å²) in [6.45, 7) is -0.313. The van der Waals surface area contributed by atoms with Crippen LogP contribution in [0, 0.1) is 5.82 Å². The lowest BCUT2D eigenvalue weighted by Crippen LogP contribution is -2.42. The smallest absolute Gasteiger partial charge is 0.460 e. The van der Waals surface area contributed by atoms with Gasteiger partial charge in [-0.3, -0.25) is 3.63 Å². The van der Waals surface area contributed by atoms with Crippen molar-refractivity contribution in [3.05, 3.63) is 90.7 Å². The number of benzene rings is 3. The lowest BCUT2D eigenvalue weighted by molar-refractivity contribution is -0.161. The summed E-state index contributed by atoms with van der Waals surface area (Å²) < 4.78 is 80.2. The lowest BCUT2D eigenvalue weighted by atomic mass is 10.0. The molecule has 3 aromatic rings. The quantitative estimate of drug-likeness (QED) is 0.0317. The molecule has 0 atom stereocenters. The van der Waals surface area contributed by atoms with Gasteiger partial charge in [0.15, 0.2) is 0 Å². The zero-order valence-corrected chi connectivity index (χ0v) is 30.0. The van der Waals surface area contributed by atoms with Crippen molar-refractivity contribution in [1.82, 2.24) is 0 Å². The van der Waals surface area contributed by atoms with Crippen LogP contribution in [0.3, 0.4) is 0 Å². The topological polar surface area (TPSA) is 73.2 Å².